The smallest absolute Gasteiger partial charge is 0.244 e. The number of nitrogens with two attached hydrogens (primary N) is 1. The van der Waals surface area contributed by atoms with Crippen molar-refractivity contribution in [2.45, 2.75) is 32.4 Å². The van der Waals surface area contributed by atoms with Gasteiger partial charge in [-0.25, -0.2) is 0 Å². The van der Waals surface area contributed by atoms with Crippen LogP contribution in [-0.2, 0) is 17.8 Å². The maximum Gasteiger partial charge on any atom is 0.244 e. The maximum atomic E-state index is 12.7. The molecule has 3 rings (SSSR count). The summed E-state index contributed by atoms with van der Waals surface area (Å²) in [7, 11) is 1.65. The molecule has 0 fully saturated rings. The number of hydrogen-bond donors (Lipinski definition) is 1. The van der Waals surface area contributed by atoms with E-state index in [4.69, 9.17) is 10.5 Å². The summed E-state index contributed by atoms with van der Waals surface area (Å²) in [4.78, 5) is 14.5. The normalized spacial score (nSPS) is 17.6. The minimum Gasteiger partial charge on any atom is -0.497 e. The first-order chi connectivity index (χ1) is 11.1. The van der Waals surface area contributed by atoms with Gasteiger partial charge in [-0.15, -0.1) is 0 Å². The number of anilines is 1. The number of nitrogens with zero attached hydrogens (tertiary/aromatic N) is 1. The monoisotopic (exact) mass is 310 g/mol. The first-order valence-corrected chi connectivity index (χ1v) is 7.88. The van der Waals surface area contributed by atoms with Crippen molar-refractivity contribution in [3.05, 3.63) is 59.2 Å². The van der Waals surface area contributed by atoms with Crippen LogP contribution >= 0.6 is 0 Å². The van der Waals surface area contributed by atoms with Gasteiger partial charge in [0.2, 0.25) is 5.91 Å². The summed E-state index contributed by atoms with van der Waals surface area (Å²) in [6.45, 7) is 2.59. The predicted octanol–water partition coefficient (Wildman–Crippen LogP) is 2.81. The van der Waals surface area contributed by atoms with Gasteiger partial charge < -0.3 is 15.4 Å². The zero-order valence-electron chi connectivity index (χ0n) is 13.6. The molecule has 4 nitrogen and oxygen atoms in total. The third kappa shape index (κ3) is 3.22. The summed E-state index contributed by atoms with van der Waals surface area (Å²) in [5.74, 6) is 0.789. The Morgan fingerprint density at radius 3 is 2.83 bits per heavy atom. The molecule has 23 heavy (non-hydrogen) atoms. The average molecular weight is 310 g/mol. The van der Waals surface area contributed by atoms with E-state index in [1.165, 1.54) is 5.56 Å². The number of benzene rings is 2. The van der Waals surface area contributed by atoms with Gasteiger partial charge in [0.1, 0.15) is 5.75 Å². The number of aryl methyl sites for hydroxylation is 2. The van der Waals surface area contributed by atoms with Crippen LogP contribution in [-0.4, -0.2) is 19.1 Å². The van der Waals surface area contributed by atoms with Gasteiger partial charge in [-0.05, 0) is 49.1 Å². The summed E-state index contributed by atoms with van der Waals surface area (Å²) >= 11 is 0. The molecule has 0 spiro atoms. The molecule has 1 aliphatic rings. The minimum atomic E-state index is -0.460. The molecule has 0 radical (unpaired) electrons. The number of ether oxygens (including phenoxy) is 1. The first kappa shape index (κ1) is 15.6. The zero-order chi connectivity index (χ0) is 16.4. The van der Waals surface area contributed by atoms with E-state index in [0.29, 0.717) is 13.0 Å². The van der Waals surface area contributed by atoms with Gasteiger partial charge in [0.15, 0.2) is 0 Å². The van der Waals surface area contributed by atoms with Crippen molar-refractivity contribution in [3.8, 4) is 5.75 Å². The lowest BCUT2D eigenvalue weighted by molar-refractivity contribution is -0.120. The lowest BCUT2D eigenvalue weighted by Gasteiger charge is -2.25. The summed E-state index contributed by atoms with van der Waals surface area (Å²) in [5.41, 5.74) is 10.4. The highest BCUT2D eigenvalue weighted by Gasteiger charge is 2.28. The highest BCUT2D eigenvalue weighted by atomic mass is 16.5. The van der Waals surface area contributed by atoms with Crippen LogP contribution in [0.1, 0.15) is 23.1 Å². The maximum absolute atomic E-state index is 12.7. The Labute approximate surface area is 136 Å². The standard InChI is InChI=1S/C19H22N2O2/c1-13-4-3-5-14(10-13)12-21-18-9-7-16(23-2)11-15(18)6-8-17(20)19(21)22/h3-5,7,9-11,17H,6,8,12,20H2,1-2H3. The van der Waals surface area contributed by atoms with E-state index in [1.807, 2.05) is 30.3 Å². The van der Waals surface area contributed by atoms with Gasteiger partial charge >= 0.3 is 0 Å². The summed E-state index contributed by atoms with van der Waals surface area (Å²) in [6, 6.07) is 13.6. The van der Waals surface area contributed by atoms with Gasteiger partial charge in [-0.3, -0.25) is 4.79 Å². The van der Waals surface area contributed by atoms with Crippen LogP contribution in [0.15, 0.2) is 42.5 Å². The van der Waals surface area contributed by atoms with Crippen LogP contribution in [0.5, 0.6) is 5.75 Å². The van der Waals surface area contributed by atoms with Crippen molar-refractivity contribution in [1.82, 2.24) is 0 Å². The number of rotatable bonds is 3. The lowest BCUT2D eigenvalue weighted by Crippen LogP contribution is -2.42. The van der Waals surface area contributed by atoms with Crippen molar-refractivity contribution < 1.29 is 9.53 Å². The lowest BCUT2D eigenvalue weighted by atomic mass is 10.1. The molecule has 1 amide bonds. The zero-order valence-corrected chi connectivity index (χ0v) is 13.6. The van der Waals surface area contributed by atoms with E-state index in [2.05, 4.69) is 19.1 Å². The molecule has 4 heteroatoms. The molecular weight excluding hydrogens is 288 g/mol. The van der Waals surface area contributed by atoms with Crippen LogP contribution in [0, 0.1) is 6.92 Å². The van der Waals surface area contributed by atoms with Gasteiger partial charge in [0, 0.05) is 5.69 Å². The van der Waals surface area contributed by atoms with E-state index >= 15 is 0 Å². The second kappa shape index (κ2) is 6.42. The van der Waals surface area contributed by atoms with Crippen LogP contribution in [0.2, 0.25) is 0 Å². The average Bonchev–Trinajstić information content (AvgIpc) is 2.67. The Morgan fingerprint density at radius 1 is 1.26 bits per heavy atom. The van der Waals surface area contributed by atoms with Crippen LogP contribution in [0.3, 0.4) is 0 Å². The predicted molar refractivity (Wildman–Crippen MR) is 91.7 cm³/mol. The molecule has 1 aliphatic heterocycles. The number of fused-ring (bicyclic) bond motifs is 1. The topological polar surface area (TPSA) is 55.6 Å². The summed E-state index contributed by atoms with van der Waals surface area (Å²) in [5, 5.41) is 0. The largest absolute Gasteiger partial charge is 0.497 e. The summed E-state index contributed by atoms with van der Waals surface area (Å²) in [6.07, 6.45) is 1.44. The molecule has 2 aromatic rings. The molecule has 0 bridgehead atoms. The van der Waals surface area contributed by atoms with Crippen LogP contribution in [0.4, 0.5) is 5.69 Å². The SMILES string of the molecule is COc1ccc2c(c1)CCC(N)C(=O)N2Cc1cccc(C)c1. The van der Waals surface area contributed by atoms with E-state index in [-0.39, 0.29) is 5.91 Å². The van der Waals surface area contributed by atoms with Crippen molar-refractivity contribution >= 4 is 11.6 Å². The number of carbonyl (C=O) groups excluding carboxylic acids is 1. The molecule has 1 heterocycles. The Kier molecular flexibility index (Phi) is 4.35. The Bertz CT molecular complexity index is 727. The fraction of sp³-hybridized carbons (Fsp3) is 0.316. The first-order valence-electron chi connectivity index (χ1n) is 7.88. The van der Waals surface area contributed by atoms with E-state index in [0.717, 1.165) is 29.0 Å². The molecule has 2 aromatic carbocycles. The molecule has 0 saturated heterocycles. The molecule has 0 aliphatic carbocycles. The molecule has 0 aromatic heterocycles. The Morgan fingerprint density at radius 2 is 2.09 bits per heavy atom. The molecule has 1 unspecified atom stereocenters. The highest BCUT2D eigenvalue weighted by molar-refractivity contribution is 5.98. The van der Waals surface area contributed by atoms with Crippen molar-refractivity contribution in [2.75, 3.05) is 12.0 Å². The molecular formula is C19H22N2O2. The third-order valence-corrected chi connectivity index (χ3v) is 4.31. The van der Waals surface area contributed by atoms with Gasteiger partial charge in [0.05, 0.1) is 19.7 Å². The number of methoxy groups -OCH3 is 1. The third-order valence-electron chi connectivity index (χ3n) is 4.31. The number of hydrogen-bond acceptors (Lipinski definition) is 3. The van der Waals surface area contributed by atoms with E-state index in [1.54, 1.807) is 12.0 Å². The quantitative estimate of drug-likeness (QED) is 0.948. The Hall–Kier alpha value is -2.33. The van der Waals surface area contributed by atoms with Crippen molar-refractivity contribution in [2.24, 2.45) is 5.73 Å². The summed E-state index contributed by atoms with van der Waals surface area (Å²) < 4.78 is 5.31. The number of amides is 1. The van der Waals surface area contributed by atoms with Gasteiger partial charge in [-0.2, -0.15) is 0 Å². The number of carbonyl (C=O) groups is 1. The molecule has 1 atom stereocenters. The fourth-order valence-corrected chi connectivity index (χ4v) is 3.06. The molecule has 2 N–H and O–H groups in total. The molecule has 0 saturated carbocycles. The molecule has 120 valence electrons. The van der Waals surface area contributed by atoms with Gasteiger partial charge in [-0.1, -0.05) is 29.8 Å². The van der Waals surface area contributed by atoms with E-state index < -0.39 is 6.04 Å². The van der Waals surface area contributed by atoms with Crippen molar-refractivity contribution in [3.63, 3.8) is 0 Å². The van der Waals surface area contributed by atoms with Gasteiger partial charge in [0.25, 0.3) is 0 Å². The second-order valence-corrected chi connectivity index (χ2v) is 6.05. The Balaban J connectivity index is 2.00. The fourth-order valence-electron chi connectivity index (χ4n) is 3.06. The minimum absolute atomic E-state index is 0.0181. The highest BCUT2D eigenvalue weighted by Crippen LogP contribution is 2.31. The van der Waals surface area contributed by atoms with Crippen LogP contribution in [0.25, 0.3) is 0 Å². The van der Waals surface area contributed by atoms with Crippen LogP contribution < -0.4 is 15.4 Å². The van der Waals surface area contributed by atoms with E-state index in [9.17, 15) is 4.79 Å². The second-order valence-electron chi connectivity index (χ2n) is 6.05. The van der Waals surface area contributed by atoms with Crippen molar-refractivity contribution in [1.29, 1.82) is 0 Å².